The lowest BCUT2D eigenvalue weighted by atomic mass is 10.3. The maximum absolute atomic E-state index is 12.9. The van der Waals surface area contributed by atoms with Crippen molar-refractivity contribution in [1.82, 2.24) is 24.5 Å². The third-order valence-corrected chi connectivity index (χ3v) is 3.94. The number of anilines is 1. The lowest BCUT2D eigenvalue weighted by molar-refractivity contribution is -0.144. The van der Waals surface area contributed by atoms with Crippen molar-refractivity contribution in [1.29, 1.82) is 0 Å². The fourth-order valence-corrected chi connectivity index (χ4v) is 2.74. The molecule has 0 spiro atoms. The molecule has 0 atom stereocenters. The van der Waals surface area contributed by atoms with Crippen molar-refractivity contribution in [3.05, 3.63) is 17.6 Å². The Bertz CT molecular complexity index is 768. The average molecular weight is 338 g/mol. The summed E-state index contributed by atoms with van der Waals surface area (Å²) in [4.78, 5) is 11.8. The maximum atomic E-state index is 12.9. The van der Waals surface area contributed by atoms with Crippen LogP contribution in [0.15, 0.2) is 6.07 Å². The van der Waals surface area contributed by atoms with Crippen LogP contribution in [0.25, 0.3) is 5.78 Å². The maximum Gasteiger partial charge on any atom is 0.453 e. The highest BCUT2D eigenvalue weighted by Gasteiger charge is 2.37. The highest BCUT2D eigenvalue weighted by atomic mass is 19.4. The Hall–Kier alpha value is -2.34. The van der Waals surface area contributed by atoms with Crippen LogP contribution >= 0.6 is 0 Å². The minimum atomic E-state index is -4.59. The molecule has 0 N–H and O–H groups in total. The number of alkyl halides is 3. The highest BCUT2D eigenvalue weighted by Crippen LogP contribution is 2.28. The molecule has 2 aromatic rings. The molecule has 1 aliphatic rings. The average Bonchev–Trinajstić information content (AvgIpc) is 2.96. The van der Waals surface area contributed by atoms with E-state index in [1.807, 2.05) is 4.90 Å². The number of hydrogen-bond acceptors (Lipinski definition) is 5. The molecule has 1 fully saturated rings. The molecule has 0 amide bonds. The van der Waals surface area contributed by atoms with E-state index in [-0.39, 0.29) is 5.78 Å². The van der Waals surface area contributed by atoms with Gasteiger partial charge in [0.15, 0.2) is 0 Å². The summed E-state index contributed by atoms with van der Waals surface area (Å²) in [5.74, 6) is 1.99. The van der Waals surface area contributed by atoms with E-state index in [1.54, 1.807) is 13.0 Å². The van der Waals surface area contributed by atoms with Gasteiger partial charge in [-0.15, -0.1) is 17.4 Å². The summed E-state index contributed by atoms with van der Waals surface area (Å²) >= 11 is 0. The number of halogens is 3. The van der Waals surface area contributed by atoms with Crippen molar-refractivity contribution >= 4 is 11.6 Å². The quantitative estimate of drug-likeness (QED) is 0.796. The van der Waals surface area contributed by atoms with Crippen LogP contribution in [0, 0.1) is 19.3 Å². The van der Waals surface area contributed by atoms with Gasteiger partial charge in [-0.05, 0) is 6.92 Å². The van der Waals surface area contributed by atoms with Gasteiger partial charge in [0.25, 0.3) is 11.6 Å². The summed E-state index contributed by atoms with van der Waals surface area (Å²) in [7, 11) is 0. The predicted molar refractivity (Wildman–Crippen MR) is 82.6 cm³/mol. The summed E-state index contributed by atoms with van der Waals surface area (Å²) in [6, 6.07) is 1.74. The van der Waals surface area contributed by atoms with Crippen LogP contribution in [0.3, 0.4) is 0 Å². The second-order valence-electron chi connectivity index (χ2n) is 5.68. The third kappa shape index (κ3) is 3.28. The summed E-state index contributed by atoms with van der Waals surface area (Å²) < 4.78 is 39.8. The minimum Gasteiger partial charge on any atom is -0.354 e. The van der Waals surface area contributed by atoms with Crippen LogP contribution in [0.2, 0.25) is 0 Å². The van der Waals surface area contributed by atoms with Gasteiger partial charge >= 0.3 is 6.18 Å². The molecule has 0 unspecified atom stereocenters. The molecule has 0 saturated carbocycles. The van der Waals surface area contributed by atoms with E-state index in [0.717, 1.165) is 19.6 Å². The van der Waals surface area contributed by atoms with Gasteiger partial charge in [-0.3, -0.25) is 4.90 Å². The van der Waals surface area contributed by atoms with Gasteiger partial charge in [-0.25, -0.2) is 4.98 Å². The molecule has 0 aliphatic carbocycles. The van der Waals surface area contributed by atoms with Crippen LogP contribution in [-0.4, -0.2) is 57.2 Å². The van der Waals surface area contributed by atoms with Gasteiger partial charge in [-0.2, -0.15) is 22.7 Å². The summed E-state index contributed by atoms with van der Waals surface area (Å²) in [6.07, 6.45) is 1.38. The first kappa shape index (κ1) is 16.5. The Balaban J connectivity index is 1.87. The molecule has 128 valence electrons. The number of terminal acetylenes is 1. The molecule has 2 aromatic heterocycles. The van der Waals surface area contributed by atoms with Crippen molar-refractivity contribution < 1.29 is 13.2 Å². The third-order valence-electron chi connectivity index (χ3n) is 3.94. The van der Waals surface area contributed by atoms with Gasteiger partial charge in [0.05, 0.1) is 0 Å². The van der Waals surface area contributed by atoms with Gasteiger partial charge in [0.2, 0.25) is 0 Å². The Morgan fingerprint density at radius 1 is 1.21 bits per heavy atom. The molecule has 9 heteroatoms. The van der Waals surface area contributed by atoms with Crippen molar-refractivity contribution in [2.45, 2.75) is 19.5 Å². The molecule has 0 radical (unpaired) electrons. The van der Waals surface area contributed by atoms with E-state index in [0.29, 0.717) is 31.0 Å². The van der Waals surface area contributed by atoms with E-state index in [9.17, 15) is 13.2 Å². The second-order valence-corrected chi connectivity index (χ2v) is 5.68. The Morgan fingerprint density at radius 3 is 2.54 bits per heavy atom. The Morgan fingerprint density at radius 2 is 1.92 bits per heavy atom. The smallest absolute Gasteiger partial charge is 0.354 e. The first-order valence-electron chi connectivity index (χ1n) is 7.61. The monoisotopic (exact) mass is 338 g/mol. The zero-order valence-electron chi connectivity index (χ0n) is 13.2. The number of aryl methyl sites for hydroxylation is 1. The normalized spacial score (nSPS) is 16.5. The standard InChI is InChI=1S/C15H17F3N6/c1-3-4-5-22-6-8-23(9-7-22)12-10-11(2)19-14-20-13(15(16,17)18)21-24(12)14/h1,10H,4-9H2,2H3. The molecule has 3 rings (SSSR count). The molecule has 1 aliphatic heterocycles. The molecule has 6 nitrogen and oxygen atoms in total. The fraction of sp³-hybridized carbons (Fsp3) is 0.533. The van der Waals surface area contributed by atoms with Crippen molar-refractivity contribution in [2.75, 3.05) is 37.6 Å². The largest absolute Gasteiger partial charge is 0.453 e. The zero-order valence-corrected chi connectivity index (χ0v) is 13.2. The molecule has 1 saturated heterocycles. The molecule has 24 heavy (non-hydrogen) atoms. The van der Waals surface area contributed by atoms with Crippen LogP contribution in [0.1, 0.15) is 17.9 Å². The molecule has 3 heterocycles. The SMILES string of the molecule is C#CCCN1CCN(c2cc(C)nc3nc(C(F)(F)F)nn23)CC1. The van der Waals surface area contributed by atoms with Crippen molar-refractivity contribution in [2.24, 2.45) is 0 Å². The number of hydrogen-bond donors (Lipinski definition) is 0. The minimum absolute atomic E-state index is 0.0351. The summed E-state index contributed by atoms with van der Waals surface area (Å²) in [5, 5.41) is 3.61. The lowest BCUT2D eigenvalue weighted by Crippen LogP contribution is -2.47. The van der Waals surface area contributed by atoms with Gasteiger partial charge in [0, 0.05) is 50.9 Å². The second kappa shape index (κ2) is 6.28. The van der Waals surface area contributed by atoms with E-state index in [2.05, 4.69) is 25.9 Å². The van der Waals surface area contributed by atoms with Crippen molar-refractivity contribution in [3.8, 4) is 12.3 Å². The number of fused-ring (bicyclic) bond motifs is 1. The number of rotatable bonds is 3. The van der Waals surface area contributed by atoms with Gasteiger partial charge < -0.3 is 4.90 Å². The first-order valence-corrected chi connectivity index (χ1v) is 7.61. The Kier molecular flexibility index (Phi) is 4.32. The van der Waals surface area contributed by atoms with Gasteiger partial charge in [0.1, 0.15) is 5.82 Å². The van der Waals surface area contributed by atoms with E-state index < -0.39 is 12.0 Å². The van der Waals surface area contributed by atoms with E-state index >= 15 is 0 Å². The first-order chi connectivity index (χ1) is 11.4. The number of aromatic nitrogens is 4. The van der Waals surface area contributed by atoms with E-state index in [4.69, 9.17) is 6.42 Å². The highest BCUT2D eigenvalue weighted by molar-refractivity contribution is 5.48. The number of piperazine rings is 1. The van der Waals surface area contributed by atoms with Crippen LogP contribution < -0.4 is 4.90 Å². The topological polar surface area (TPSA) is 49.6 Å². The number of nitrogens with zero attached hydrogens (tertiary/aromatic N) is 6. The molecule has 0 aromatic carbocycles. The predicted octanol–water partition coefficient (Wildman–Crippen LogP) is 1.60. The lowest BCUT2D eigenvalue weighted by Gasteiger charge is -2.35. The fourth-order valence-electron chi connectivity index (χ4n) is 2.74. The van der Waals surface area contributed by atoms with Crippen LogP contribution in [-0.2, 0) is 6.18 Å². The summed E-state index contributed by atoms with van der Waals surface area (Å²) in [6.45, 7) is 5.52. The van der Waals surface area contributed by atoms with Gasteiger partial charge in [-0.1, -0.05) is 0 Å². The molecule has 0 bridgehead atoms. The molecular weight excluding hydrogens is 321 g/mol. The van der Waals surface area contributed by atoms with Crippen molar-refractivity contribution in [3.63, 3.8) is 0 Å². The van der Waals surface area contributed by atoms with Crippen LogP contribution in [0.4, 0.5) is 19.0 Å². The summed E-state index contributed by atoms with van der Waals surface area (Å²) in [5.41, 5.74) is 0.605. The Labute approximate surface area is 137 Å². The van der Waals surface area contributed by atoms with Crippen LogP contribution in [0.5, 0.6) is 0 Å². The molecular formula is C15H17F3N6. The zero-order chi connectivity index (χ0) is 17.3. The van der Waals surface area contributed by atoms with E-state index in [1.165, 1.54) is 4.52 Å².